The summed E-state index contributed by atoms with van der Waals surface area (Å²) in [4.78, 5) is 12.8. The number of hydrogen-bond donors (Lipinski definition) is 0. The van der Waals surface area contributed by atoms with Gasteiger partial charge in [-0.3, -0.25) is 0 Å². The van der Waals surface area contributed by atoms with Crippen molar-refractivity contribution in [2.45, 2.75) is 33.0 Å². The zero-order chi connectivity index (χ0) is 18.2. The first kappa shape index (κ1) is 17.1. The summed E-state index contributed by atoms with van der Waals surface area (Å²) >= 11 is 0. The standard InChI is InChI=1S/C20H22FN2O2/c1-20(2,3)25-19(24)23-17-9-10-22(4)13-16(17)11-18(23)15-7-5-14(12-21)6-8-15/h5-11,13H,12H2,1-4H3/q+1. The summed E-state index contributed by atoms with van der Waals surface area (Å²) in [5.74, 6) is 0. The molecule has 3 rings (SSSR count). The van der Waals surface area contributed by atoms with Crippen LogP contribution in [0.5, 0.6) is 0 Å². The third kappa shape index (κ3) is 3.55. The van der Waals surface area contributed by atoms with E-state index in [2.05, 4.69) is 0 Å². The van der Waals surface area contributed by atoms with Crippen molar-refractivity contribution in [3.63, 3.8) is 0 Å². The Hall–Kier alpha value is -2.69. The van der Waals surface area contributed by atoms with Crippen molar-refractivity contribution >= 4 is 17.0 Å². The molecule has 5 heteroatoms. The summed E-state index contributed by atoms with van der Waals surface area (Å²) in [6.07, 6.45) is 3.41. The molecule has 0 aliphatic heterocycles. The first-order chi connectivity index (χ1) is 11.8. The Morgan fingerprint density at radius 3 is 2.48 bits per heavy atom. The molecule has 2 heterocycles. The van der Waals surface area contributed by atoms with E-state index >= 15 is 0 Å². The monoisotopic (exact) mass is 341 g/mol. The number of benzene rings is 1. The van der Waals surface area contributed by atoms with Crippen LogP contribution in [0.1, 0.15) is 26.3 Å². The number of halogens is 1. The minimum atomic E-state index is -0.595. The van der Waals surface area contributed by atoms with Crippen molar-refractivity contribution in [3.8, 4) is 11.3 Å². The van der Waals surface area contributed by atoms with Gasteiger partial charge in [-0.25, -0.2) is 18.3 Å². The second-order valence-corrected chi connectivity index (χ2v) is 7.13. The molecule has 25 heavy (non-hydrogen) atoms. The Kier molecular flexibility index (Phi) is 4.33. The highest BCUT2D eigenvalue weighted by molar-refractivity contribution is 5.95. The van der Waals surface area contributed by atoms with E-state index < -0.39 is 18.4 Å². The van der Waals surface area contributed by atoms with Crippen LogP contribution in [0.25, 0.3) is 22.2 Å². The minimum Gasteiger partial charge on any atom is -0.443 e. The molecule has 0 fully saturated rings. The molecule has 0 radical (unpaired) electrons. The second-order valence-electron chi connectivity index (χ2n) is 7.13. The maximum Gasteiger partial charge on any atom is 0.419 e. The lowest BCUT2D eigenvalue weighted by atomic mass is 10.1. The number of fused-ring (bicyclic) bond motifs is 1. The quantitative estimate of drug-likeness (QED) is 0.648. The van der Waals surface area contributed by atoms with Crippen molar-refractivity contribution in [2.24, 2.45) is 7.05 Å². The lowest BCUT2D eigenvalue weighted by Crippen LogP contribution is -2.28. The molecule has 0 saturated heterocycles. The number of nitrogens with zero attached hydrogens (tertiary/aromatic N) is 2. The van der Waals surface area contributed by atoms with Crippen LogP contribution in [0, 0.1) is 0 Å². The smallest absolute Gasteiger partial charge is 0.419 e. The molecule has 0 saturated carbocycles. The van der Waals surface area contributed by atoms with Crippen LogP contribution in [0.15, 0.2) is 48.8 Å². The Labute approximate surface area is 146 Å². The van der Waals surface area contributed by atoms with E-state index in [4.69, 9.17) is 4.74 Å². The summed E-state index contributed by atoms with van der Waals surface area (Å²) in [7, 11) is 1.93. The molecule has 0 atom stereocenters. The molecule has 130 valence electrons. The Balaban J connectivity index is 2.18. The Morgan fingerprint density at radius 2 is 1.88 bits per heavy atom. The van der Waals surface area contributed by atoms with Crippen LogP contribution in [-0.4, -0.2) is 16.3 Å². The molecule has 0 aliphatic rings. The van der Waals surface area contributed by atoms with E-state index in [1.807, 2.05) is 69.0 Å². The number of carbonyl (C=O) groups is 1. The van der Waals surface area contributed by atoms with E-state index in [0.717, 1.165) is 22.2 Å². The normalized spacial score (nSPS) is 11.7. The van der Waals surface area contributed by atoms with Gasteiger partial charge in [0.05, 0.1) is 16.6 Å². The van der Waals surface area contributed by atoms with Gasteiger partial charge < -0.3 is 4.74 Å². The third-order valence-corrected chi connectivity index (χ3v) is 3.86. The summed E-state index contributed by atoms with van der Waals surface area (Å²) in [5.41, 5.74) is 2.34. The number of carbonyl (C=O) groups excluding carboxylic acids is 1. The van der Waals surface area contributed by atoms with Gasteiger partial charge in [0, 0.05) is 6.07 Å². The summed E-state index contributed by atoms with van der Waals surface area (Å²) in [6.45, 7) is 5.01. The average Bonchev–Trinajstić information content (AvgIpc) is 2.91. The van der Waals surface area contributed by atoms with Crippen LogP contribution in [-0.2, 0) is 18.5 Å². The van der Waals surface area contributed by atoms with Crippen LogP contribution in [0.3, 0.4) is 0 Å². The number of aryl methyl sites for hydroxylation is 1. The number of hydrogen-bond acceptors (Lipinski definition) is 2. The summed E-state index contributed by atoms with van der Waals surface area (Å²) in [5, 5.41) is 0.931. The molecule has 0 unspecified atom stereocenters. The lowest BCUT2D eigenvalue weighted by Gasteiger charge is -2.21. The van der Waals surface area contributed by atoms with Gasteiger partial charge in [-0.15, -0.1) is 0 Å². The number of aromatic nitrogens is 2. The van der Waals surface area contributed by atoms with E-state index in [1.165, 1.54) is 0 Å². The molecule has 0 bridgehead atoms. The number of ether oxygens (including phenoxy) is 1. The van der Waals surface area contributed by atoms with Crippen LogP contribution < -0.4 is 4.57 Å². The molecular formula is C20H22FN2O2+. The van der Waals surface area contributed by atoms with E-state index in [1.54, 1.807) is 16.7 Å². The van der Waals surface area contributed by atoms with Gasteiger partial charge in [-0.05, 0) is 38.0 Å². The molecule has 3 aromatic rings. The molecule has 1 aromatic carbocycles. The molecular weight excluding hydrogens is 319 g/mol. The minimum absolute atomic E-state index is 0.430. The van der Waals surface area contributed by atoms with Gasteiger partial charge >= 0.3 is 6.09 Å². The fraction of sp³-hybridized carbons (Fsp3) is 0.300. The summed E-state index contributed by atoms with van der Waals surface area (Å²) in [6, 6.07) is 10.9. The van der Waals surface area contributed by atoms with E-state index in [0.29, 0.717) is 5.56 Å². The van der Waals surface area contributed by atoms with Crippen LogP contribution in [0.2, 0.25) is 0 Å². The SMILES string of the molecule is C[n+]1ccc2c(cc(-c3ccc(CF)cc3)n2C(=O)OC(C)(C)C)c1. The maximum atomic E-state index is 12.8. The van der Waals surface area contributed by atoms with Gasteiger partial charge in [0.15, 0.2) is 12.4 Å². The van der Waals surface area contributed by atoms with Crippen molar-refractivity contribution in [1.82, 2.24) is 4.57 Å². The molecule has 0 spiro atoms. The Bertz CT molecular complexity index is 921. The second kappa shape index (κ2) is 6.31. The average molecular weight is 341 g/mol. The predicted molar refractivity (Wildman–Crippen MR) is 95.0 cm³/mol. The van der Waals surface area contributed by atoms with Crippen molar-refractivity contribution in [2.75, 3.05) is 0 Å². The molecule has 0 amide bonds. The fourth-order valence-electron chi connectivity index (χ4n) is 2.75. The van der Waals surface area contributed by atoms with Crippen molar-refractivity contribution in [1.29, 1.82) is 0 Å². The highest BCUT2D eigenvalue weighted by atomic mass is 19.1. The van der Waals surface area contributed by atoms with Crippen LogP contribution >= 0.6 is 0 Å². The largest absolute Gasteiger partial charge is 0.443 e. The summed E-state index contributed by atoms with van der Waals surface area (Å²) < 4.78 is 21.9. The fourth-order valence-corrected chi connectivity index (χ4v) is 2.75. The number of rotatable bonds is 2. The zero-order valence-corrected chi connectivity index (χ0v) is 14.9. The first-order valence-electron chi connectivity index (χ1n) is 8.18. The topological polar surface area (TPSA) is 35.1 Å². The molecule has 0 N–H and O–H groups in total. The van der Waals surface area contributed by atoms with Gasteiger partial charge in [0.1, 0.15) is 19.3 Å². The zero-order valence-electron chi connectivity index (χ0n) is 14.9. The van der Waals surface area contributed by atoms with E-state index in [-0.39, 0.29) is 0 Å². The highest BCUT2D eigenvalue weighted by Crippen LogP contribution is 2.29. The van der Waals surface area contributed by atoms with Crippen LogP contribution in [0.4, 0.5) is 9.18 Å². The van der Waals surface area contributed by atoms with Gasteiger partial charge in [-0.2, -0.15) is 0 Å². The third-order valence-electron chi connectivity index (χ3n) is 3.86. The van der Waals surface area contributed by atoms with Crippen molar-refractivity contribution < 1.29 is 18.5 Å². The van der Waals surface area contributed by atoms with Gasteiger partial charge in [0.25, 0.3) is 0 Å². The Morgan fingerprint density at radius 1 is 1.20 bits per heavy atom. The number of alkyl halides is 1. The molecule has 4 nitrogen and oxygen atoms in total. The first-order valence-corrected chi connectivity index (χ1v) is 8.18. The highest BCUT2D eigenvalue weighted by Gasteiger charge is 2.23. The van der Waals surface area contributed by atoms with Gasteiger partial charge in [-0.1, -0.05) is 24.3 Å². The van der Waals surface area contributed by atoms with E-state index in [9.17, 15) is 9.18 Å². The number of pyridine rings is 1. The molecule has 2 aromatic heterocycles. The molecule has 0 aliphatic carbocycles. The maximum absolute atomic E-state index is 12.8. The lowest BCUT2D eigenvalue weighted by molar-refractivity contribution is -0.670. The van der Waals surface area contributed by atoms with Gasteiger partial charge in [0.2, 0.25) is 0 Å². The van der Waals surface area contributed by atoms with Crippen molar-refractivity contribution in [3.05, 3.63) is 54.4 Å². The predicted octanol–water partition coefficient (Wildman–Crippen LogP) is 4.39.